The fourth-order valence-electron chi connectivity index (χ4n) is 2.62. The van der Waals surface area contributed by atoms with E-state index in [1.807, 2.05) is 0 Å². The van der Waals surface area contributed by atoms with Crippen molar-refractivity contribution >= 4 is 11.9 Å². The lowest BCUT2D eigenvalue weighted by molar-refractivity contribution is 0.0488. The molecule has 1 aliphatic rings. The van der Waals surface area contributed by atoms with E-state index in [1.54, 1.807) is 19.1 Å². The Kier molecular flexibility index (Phi) is 6.30. The summed E-state index contributed by atoms with van der Waals surface area (Å²) >= 11 is 0. The molecule has 0 aliphatic heterocycles. The van der Waals surface area contributed by atoms with Crippen LogP contribution >= 0.6 is 0 Å². The van der Waals surface area contributed by atoms with Gasteiger partial charge in [-0.15, -0.1) is 0 Å². The van der Waals surface area contributed by atoms with Crippen LogP contribution in [0.15, 0.2) is 21.5 Å². The fraction of sp³-hybridized carbons (Fsp3) is 0.625. The number of rotatable bonds is 5. The van der Waals surface area contributed by atoms with Crippen LogP contribution in [-0.2, 0) is 11.3 Å². The number of ether oxygens (including phenoxy) is 1. The van der Waals surface area contributed by atoms with Crippen molar-refractivity contribution in [2.24, 2.45) is 10.7 Å². The Morgan fingerprint density at radius 1 is 1.36 bits per heavy atom. The molecule has 122 valence electrons. The van der Waals surface area contributed by atoms with Gasteiger partial charge in [-0.2, -0.15) is 0 Å². The van der Waals surface area contributed by atoms with E-state index in [0.29, 0.717) is 30.9 Å². The van der Waals surface area contributed by atoms with Crippen LogP contribution in [0.5, 0.6) is 0 Å². The quantitative estimate of drug-likeness (QED) is 0.378. The molecule has 0 radical (unpaired) electrons. The number of nitrogens with two attached hydrogens (primary N) is 1. The molecular weight excluding hydrogens is 282 g/mol. The summed E-state index contributed by atoms with van der Waals surface area (Å²) in [5.41, 5.74) is 5.92. The van der Waals surface area contributed by atoms with Crippen molar-refractivity contribution in [2.75, 3.05) is 6.61 Å². The second kappa shape index (κ2) is 8.46. The minimum absolute atomic E-state index is 0.197. The molecule has 0 aromatic carbocycles. The Morgan fingerprint density at radius 3 is 2.77 bits per heavy atom. The largest absolute Gasteiger partial charge is 0.460 e. The smallest absolute Gasteiger partial charge is 0.374 e. The summed E-state index contributed by atoms with van der Waals surface area (Å²) in [5.74, 6) is 0.763. The predicted octanol–water partition coefficient (Wildman–Crippen LogP) is 2.58. The van der Waals surface area contributed by atoms with Gasteiger partial charge in [-0.25, -0.2) is 9.79 Å². The molecule has 3 N–H and O–H groups in total. The molecule has 1 heterocycles. The van der Waals surface area contributed by atoms with Gasteiger partial charge < -0.3 is 20.2 Å². The molecule has 6 nitrogen and oxygen atoms in total. The normalized spacial score (nSPS) is 17.0. The number of carbonyl (C=O) groups is 1. The Bertz CT molecular complexity index is 502. The van der Waals surface area contributed by atoms with Gasteiger partial charge in [-0.1, -0.05) is 25.7 Å². The van der Waals surface area contributed by atoms with Gasteiger partial charge in [0.2, 0.25) is 5.76 Å². The molecule has 0 atom stereocenters. The fourth-order valence-corrected chi connectivity index (χ4v) is 2.62. The lowest BCUT2D eigenvalue weighted by Crippen LogP contribution is -2.39. The van der Waals surface area contributed by atoms with Gasteiger partial charge in [-0.05, 0) is 31.9 Å². The third-order valence-corrected chi connectivity index (χ3v) is 3.75. The van der Waals surface area contributed by atoms with E-state index in [-0.39, 0.29) is 5.76 Å². The zero-order valence-electron chi connectivity index (χ0n) is 13.1. The van der Waals surface area contributed by atoms with Crippen LogP contribution in [0.1, 0.15) is 61.8 Å². The SMILES string of the molecule is CCOC(=O)c1ccc(CN=C(N)NC2CCCCCC2)o1. The molecule has 0 amide bonds. The van der Waals surface area contributed by atoms with Crippen molar-refractivity contribution in [1.29, 1.82) is 0 Å². The van der Waals surface area contributed by atoms with E-state index < -0.39 is 5.97 Å². The highest BCUT2D eigenvalue weighted by Crippen LogP contribution is 2.17. The summed E-state index contributed by atoms with van der Waals surface area (Å²) < 4.78 is 10.3. The summed E-state index contributed by atoms with van der Waals surface area (Å²) in [6, 6.07) is 3.73. The van der Waals surface area contributed by atoms with E-state index in [0.717, 1.165) is 12.8 Å². The molecule has 0 saturated heterocycles. The average Bonchev–Trinajstić information content (AvgIpc) is 2.84. The number of aliphatic imine (C=N–C) groups is 1. The van der Waals surface area contributed by atoms with Crippen molar-refractivity contribution in [2.45, 2.75) is 58.0 Å². The third-order valence-electron chi connectivity index (χ3n) is 3.75. The second-order valence-electron chi connectivity index (χ2n) is 5.52. The van der Waals surface area contributed by atoms with Gasteiger partial charge >= 0.3 is 5.97 Å². The van der Waals surface area contributed by atoms with E-state index in [9.17, 15) is 4.79 Å². The van der Waals surface area contributed by atoms with Crippen molar-refractivity contribution in [1.82, 2.24) is 5.32 Å². The maximum atomic E-state index is 11.5. The summed E-state index contributed by atoms with van der Waals surface area (Å²) in [6.45, 7) is 2.39. The lowest BCUT2D eigenvalue weighted by Gasteiger charge is -2.16. The van der Waals surface area contributed by atoms with Crippen molar-refractivity contribution in [3.05, 3.63) is 23.7 Å². The topological polar surface area (TPSA) is 89.8 Å². The molecule has 0 bridgehead atoms. The molecular formula is C16H25N3O3. The Morgan fingerprint density at radius 2 is 2.09 bits per heavy atom. The van der Waals surface area contributed by atoms with E-state index in [1.165, 1.54) is 25.7 Å². The monoisotopic (exact) mass is 307 g/mol. The first-order valence-electron chi connectivity index (χ1n) is 8.01. The van der Waals surface area contributed by atoms with Gasteiger partial charge in [0.05, 0.1) is 6.61 Å². The minimum Gasteiger partial charge on any atom is -0.460 e. The van der Waals surface area contributed by atoms with Crippen molar-refractivity contribution in [3.63, 3.8) is 0 Å². The van der Waals surface area contributed by atoms with Crippen LogP contribution in [0.4, 0.5) is 0 Å². The van der Waals surface area contributed by atoms with Crippen molar-refractivity contribution in [3.8, 4) is 0 Å². The molecule has 0 unspecified atom stereocenters. The number of hydrogen-bond acceptors (Lipinski definition) is 4. The van der Waals surface area contributed by atoms with E-state index >= 15 is 0 Å². The number of carbonyl (C=O) groups excluding carboxylic acids is 1. The zero-order valence-corrected chi connectivity index (χ0v) is 13.1. The van der Waals surface area contributed by atoms with E-state index in [2.05, 4.69) is 10.3 Å². The average molecular weight is 307 g/mol. The van der Waals surface area contributed by atoms with E-state index in [4.69, 9.17) is 14.9 Å². The Balaban J connectivity index is 1.83. The van der Waals surface area contributed by atoms with Gasteiger partial charge in [0, 0.05) is 6.04 Å². The number of hydrogen-bond donors (Lipinski definition) is 2. The number of nitrogens with zero attached hydrogens (tertiary/aromatic N) is 1. The second-order valence-corrected chi connectivity index (χ2v) is 5.52. The van der Waals surface area contributed by atoms with Gasteiger partial charge in [0.1, 0.15) is 12.3 Å². The van der Waals surface area contributed by atoms with Gasteiger partial charge in [-0.3, -0.25) is 0 Å². The first-order valence-corrected chi connectivity index (χ1v) is 8.01. The summed E-state index contributed by atoms with van der Waals surface area (Å²) in [6.07, 6.45) is 7.38. The van der Waals surface area contributed by atoms with Crippen LogP contribution in [0, 0.1) is 0 Å². The third kappa shape index (κ3) is 5.09. The maximum Gasteiger partial charge on any atom is 0.374 e. The number of furan rings is 1. The zero-order chi connectivity index (χ0) is 15.8. The molecule has 1 aliphatic carbocycles. The number of guanidine groups is 1. The molecule has 0 spiro atoms. The Hall–Kier alpha value is -1.98. The standard InChI is InChI=1S/C16H25N3O3/c1-2-21-15(20)14-10-9-13(22-14)11-18-16(17)19-12-7-5-3-4-6-8-12/h9-10,12H,2-8,11H2,1H3,(H3,17,18,19). The minimum atomic E-state index is -0.456. The van der Waals surface area contributed by atoms with Crippen LogP contribution in [-0.4, -0.2) is 24.6 Å². The highest BCUT2D eigenvalue weighted by Gasteiger charge is 2.13. The first kappa shape index (κ1) is 16.4. The number of esters is 1. The molecule has 1 fully saturated rings. The predicted molar refractivity (Wildman–Crippen MR) is 84.6 cm³/mol. The highest BCUT2D eigenvalue weighted by atomic mass is 16.5. The number of nitrogens with one attached hydrogen (secondary N) is 1. The maximum absolute atomic E-state index is 11.5. The molecule has 22 heavy (non-hydrogen) atoms. The molecule has 2 rings (SSSR count). The van der Waals surface area contributed by atoms with Crippen LogP contribution < -0.4 is 11.1 Å². The van der Waals surface area contributed by atoms with Crippen LogP contribution in [0.25, 0.3) is 0 Å². The first-order chi connectivity index (χ1) is 10.7. The van der Waals surface area contributed by atoms with Gasteiger partial charge in [0.15, 0.2) is 5.96 Å². The van der Waals surface area contributed by atoms with Crippen LogP contribution in [0.2, 0.25) is 0 Å². The Labute approximate surface area is 131 Å². The molecule has 1 saturated carbocycles. The summed E-state index contributed by atoms with van der Waals surface area (Å²) in [4.78, 5) is 15.8. The molecule has 1 aromatic heterocycles. The molecule has 1 aromatic rings. The summed E-state index contributed by atoms with van der Waals surface area (Å²) in [7, 11) is 0. The van der Waals surface area contributed by atoms with Gasteiger partial charge in [0.25, 0.3) is 0 Å². The highest BCUT2D eigenvalue weighted by molar-refractivity contribution is 5.86. The van der Waals surface area contributed by atoms with Crippen LogP contribution in [0.3, 0.4) is 0 Å². The summed E-state index contributed by atoms with van der Waals surface area (Å²) in [5, 5.41) is 3.27. The van der Waals surface area contributed by atoms with Crippen molar-refractivity contribution < 1.29 is 13.9 Å². The molecule has 6 heteroatoms. The lowest BCUT2D eigenvalue weighted by atomic mass is 10.1.